The number of pyridine rings is 1. The molecule has 0 radical (unpaired) electrons. The molecule has 0 unspecified atom stereocenters. The van der Waals surface area contributed by atoms with E-state index in [4.69, 9.17) is 0 Å². The van der Waals surface area contributed by atoms with Crippen molar-refractivity contribution in [3.63, 3.8) is 0 Å². The largest absolute Gasteiger partial charge is 0.318 e. The van der Waals surface area contributed by atoms with Gasteiger partial charge in [0.25, 0.3) is 5.91 Å². The van der Waals surface area contributed by atoms with Gasteiger partial charge in [-0.15, -0.1) is 0 Å². The standard InChI is InChI=1S/C17H19N3O2/c1-12(2)14-6-4-13(5-7-14)10-18-19-17(22)15-8-9-16(21)20(3)11-15/h4-12H,1-3H3,(H,19,22)/b18-10+. The summed E-state index contributed by atoms with van der Waals surface area (Å²) in [6.07, 6.45) is 3.06. The van der Waals surface area contributed by atoms with Crippen LogP contribution in [0.1, 0.15) is 41.3 Å². The molecule has 2 aromatic rings. The SMILES string of the molecule is CC(C)c1ccc(/C=N/NC(=O)c2ccc(=O)n(C)c2)cc1. The number of benzene rings is 1. The fourth-order valence-corrected chi connectivity index (χ4v) is 1.93. The summed E-state index contributed by atoms with van der Waals surface area (Å²) >= 11 is 0. The molecule has 0 aliphatic rings. The zero-order chi connectivity index (χ0) is 16.1. The lowest BCUT2D eigenvalue weighted by atomic mass is 10.0. The van der Waals surface area contributed by atoms with E-state index in [1.165, 1.54) is 28.5 Å². The lowest BCUT2D eigenvalue weighted by Gasteiger charge is -2.04. The third-order valence-electron chi connectivity index (χ3n) is 3.33. The first kappa shape index (κ1) is 15.7. The van der Waals surface area contributed by atoms with Crippen LogP contribution in [0.5, 0.6) is 0 Å². The summed E-state index contributed by atoms with van der Waals surface area (Å²) in [5.41, 5.74) is 4.83. The Kier molecular flexibility index (Phi) is 4.88. The second-order valence-electron chi connectivity index (χ2n) is 5.39. The highest BCUT2D eigenvalue weighted by molar-refractivity contribution is 5.94. The fraction of sp³-hybridized carbons (Fsp3) is 0.235. The summed E-state index contributed by atoms with van der Waals surface area (Å²) in [5.74, 6) is 0.126. The van der Waals surface area contributed by atoms with Gasteiger partial charge in [-0.25, -0.2) is 5.43 Å². The van der Waals surface area contributed by atoms with Crippen LogP contribution in [0.3, 0.4) is 0 Å². The summed E-state index contributed by atoms with van der Waals surface area (Å²) in [7, 11) is 1.60. The molecule has 0 atom stereocenters. The van der Waals surface area contributed by atoms with E-state index >= 15 is 0 Å². The summed E-state index contributed by atoms with van der Waals surface area (Å²) in [6, 6.07) is 10.8. The van der Waals surface area contributed by atoms with Crippen LogP contribution in [0.2, 0.25) is 0 Å². The van der Waals surface area contributed by atoms with Crippen molar-refractivity contribution in [2.45, 2.75) is 19.8 Å². The minimum absolute atomic E-state index is 0.162. The molecule has 1 amide bonds. The quantitative estimate of drug-likeness (QED) is 0.695. The smallest absolute Gasteiger partial charge is 0.272 e. The fourth-order valence-electron chi connectivity index (χ4n) is 1.93. The molecule has 1 aromatic carbocycles. The van der Waals surface area contributed by atoms with Gasteiger partial charge in [0.2, 0.25) is 5.56 Å². The summed E-state index contributed by atoms with van der Waals surface area (Å²) in [6.45, 7) is 4.27. The molecule has 0 saturated heterocycles. The molecule has 22 heavy (non-hydrogen) atoms. The van der Waals surface area contributed by atoms with Crippen molar-refractivity contribution in [3.8, 4) is 0 Å². The Morgan fingerprint density at radius 2 is 1.86 bits per heavy atom. The van der Waals surface area contributed by atoms with E-state index in [0.29, 0.717) is 11.5 Å². The second kappa shape index (κ2) is 6.85. The third-order valence-corrected chi connectivity index (χ3v) is 3.33. The van der Waals surface area contributed by atoms with Crippen molar-refractivity contribution in [1.82, 2.24) is 9.99 Å². The number of aryl methyl sites for hydroxylation is 1. The molecule has 2 rings (SSSR count). The number of hydrogen-bond donors (Lipinski definition) is 1. The Bertz CT molecular complexity index is 743. The van der Waals surface area contributed by atoms with Gasteiger partial charge in [0, 0.05) is 19.3 Å². The average molecular weight is 297 g/mol. The number of amides is 1. The van der Waals surface area contributed by atoms with Crippen molar-refractivity contribution >= 4 is 12.1 Å². The van der Waals surface area contributed by atoms with Gasteiger partial charge in [0.05, 0.1) is 11.8 Å². The highest BCUT2D eigenvalue weighted by Crippen LogP contribution is 2.13. The maximum atomic E-state index is 11.9. The van der Waals surface area contributed by atoms with E-state index in [1.807, 2.05) is 24.3 Å². The van der Waals surface area contributed by atoms with Crippen LogP contribution in [0.15, 0.2) is 52.5 Å². The predicted octanol–water partition coefficient (Wildman–Crippen LogP) is 2.27. The van der Waals surface area contributed by atoms with E-state index in [0.717, 1.165) is 5.56 Å². The molecule has 0 aliphatic heterocycles. The summed E-state index contributed by atoms with van der Waals surface area (Å²) in [5, 5.41) is 3.93. The third kappa shape index (κ3) is 3.91. The van der Waals surface area contributed by atoms with Gasteiger partial charge >= 0.3 is 0 Å². The minimum atomic E-state index is -0.356. The highest BCUT2D eigenvalue weighted by Gasteiger charge is 2.05. The van der Waals surface area contributed by atoms with E-state index in [-0.39, 0.29) is 11.5 Å². The zero-order valence-corrected chi connectivity index (χ0v) is 12.9. The van der Waals surface area contributed by atoms with Crippen LogP contribution in [-0.4, -0.2) is 16.7 Å². The summed E-state index contributed by atoms with van der Waals surface area (Å²) in [4.78, 5) is 23.2. The Morgan fingerprint density at radius 1 is 1.18 bits per heavy atom. The Labute approximate surface area is 129 Å². The zero-order valence-electron chi connectivity index (χ0n) is 12.9. The minimum Gasteiger partial charge on any atom is -0.318 e. The Morgan fingerprint density at radius 3 is 2.45 bits per heavy atom. The van der Waals surface area contributed by atoms with Crippen LogP contribution < -0.4 is 11.0 Å². The van der Waals surface area contributed by atoms with Gasteiger partial charge in [0.15, 0.2) is 0 Å². The van der Waals surface area contributed by atoms with Crippen molar-refractivity contribution in [3.05, 3.63) is 69.6 Å². The number of aromatic nitrogens is 1. The molecule has 1 heterocycles. The van der Waals surface area contributed by atoms with Gasteiger partial charge in [0.1, 0.15) is 0 Å². The van der Waals surface area contributed by atoms with Crippen LogP contribution in [0.25, 0.3) is 0 Å². The van der Waals surface area contributed by atoms with E-state index in [1.54, 1.807) is 13.3 Å². The number of nitrogens with zero attached hydrogens (tertiary/aromatic N) is 2. The van der Waals surface area contributed by atoms with Crippen LogP contribution in [0, 0.1) is 0 Å². The molecule has 0 saturated carbocycles. The molecule has 0 bridgehead atoms. The first-order chi connectivity index (χ1) is 10.5. The molecule has 1 N–H and O–H groups in total. The van der Waals surface area contributed by atoms with Crippen LogP contribution >= 0.6 is 0 Å². The van der Waals surface area contributed by atoms with Gasteiger partial charge in [-0.1, -0.05) is 38.1 Å². The molecule has 0 fully saturated rings. The Hall–Kier alpha value is -2.69. The van der Waals surface area contributed by atoms with E-state index < -0.39 is 0 Å². The van der Waals surface area contributed by atoms with Crippen molar-refractivity contribution in [2.24, 2.45) is 12.1 Å². The van der Waals surface area contributed by atoms with Gasteiger partial charge in [-0.2, -0.15) is 5.10 Å². The lowest BCUT2D eigenvalue weighted by Crippen LogP contribution is -2.22. The first-order valence-corrected chi connectivity index (χ1v) is 7.07. The number of rotatable bonds is 4. The van der Waals surface area contributed by atoms with E-state index in [2.05, 4.69) is 24.4 Å². The molecular weight excluding hydrogens is 278 g/mol. The van der Waals surface area contributed by atoms with Crippen molar-refractivity contribution in [2.75, 3.05) is 0 Å². The van der Waals surface area contributed by atoms with Crippen LogP contribution in [-0.2, 0) is 7.05 Å². The van der Waals surface area contributed by atoms with Crippen LogP contribution in [0.4, 0.5) is 0 Å². The number of carbonyl (C=O) groups excluding carboxylic acids is 1. The van der Waals surface area contributed by atoms with Gasteiger partial charge < -0.3 is 4.57 Å². The lowest BCUT2D eigenvalue weighted by molar-refractivity contribution is 0.0954. The average Bonchev–Trinajstić information content (AvgIpc) is 2.50. The molecule has 5 heteroatoms. The highest BCUT2D eigenvalue weighted by atomic mass is 16.2. The molecule has 114 valence electrons. The normalized spacial score (nSPS) is 11.1. The Balaban J connectivity index is 2.00. The summed E-state index contributed by atoms with van der Waals surface area (Å²) < 4.78 is 1.35. The van der Waals surface area contributed by atoms with E-state index in [9.17, 15) is 9.59 Å². The molecule has 0 spiro atoms. The number of hydrogen-bond acceptors (Lipinski definition) is 3. The topological polar surface area (TPSA) is 63.5 Å². The maximum Gasteiger partial charge on any atom is 0.272 e. The second-order valence-corrected chi connectivity index (χ2v) is 5.39. The molecule has 1 aromatic heterocycles. The molecule has 5 nitrogen and oxygen atoms in total. The van der Waals surface area contributed by atoms with Crippen molar-refractivity contribution in [1.29, 1.82) is 0 Å². The van der Waals surface area contributed by atoms with Gasteiger partial charge in [-0.05, 0) is 23.1 Å². The molecular formula is C17H19N3O2. The van der Waals surface area contributed by atoms with Crippen molar-refractivity contribution < 1.29 is 4.79 Å². The maximum absolute atomic E-state index is 11.9. The first-order valence-electron chi connectivity index (χ1n) is 7.07. The number of nitrogens with one attached hydrogen (secondary N) is 1. The predicted molar refractivity (Wildman–Crippen MR) is 87.3 cm³/mol. The monoisotopic (exact) mass is 297 g/mol. The number of carbonyl (C=O) groups is 1. The van der Waals surface area contributed by atoms with Gasteiger partial charge in [-0.3, -0.25) is 9.59 Å². The molecule has 0 aliphatic carbocycles. The number of hydrazone groups is 1.